The SMILES string of the molecule is COc1ccc(N(C)CC(C#N)C(C)C)cc1. The molecule has 1 rings (SSSR count). The Morgan fingerprint density at radius 3 is 2.29 bits per heavy atom. The number of benzene rings is 1. The fraction of sp³-hybridized carbons (Fsp3) is 0.500. The molecule has 0 aliphatic heterocycles. The summed E-state index contributed by atoms with van der Waals surface area (Å²) in [6.45, 7) is 4.91. The fourth-order valence-corrected chi connectivity index (χ4v) is 1.64. The van der Waals surface area contributed by atoms with E-state index in [1.807, 2.05) is 31.3 Å². The van der Waals surface area contributed by atoms with E-state index in [1.165, 1.54) is 0 Å². The van der Waals surface area contributed by atoms with Gasteiger partial charge in [-0.1, -0.05) is 13.8 Å². The number of hydrogen-bond donors (Lipinski definition) is 0. The van der Waals surface area contributed by atoms with Crippen molar-refractivity contribution in [2.24, 2.45) is 11.8 Å². The van der Waals surface area contributed by atoms with Gasteiger partial charge in [-0.15, -0.1) is 0 Å². The molecule has 0 fully saturated rings. The van der Waals surface area contributed by atoms with Crippen LogP contribution in [0.1, 0.15) is 13.8 Å². The van der Waals surface area contributed by atoms with Crippen LogP contribution in [0.2, 0.25) is 0 Å². The number of nitriles is 1. The van der Waals surface area contributed by atoms with E-state index in [1.54, 1.807) is 7.11 Å². The summed E-state index contributed by atoms with van der Waals surface area (Å²) in [5.74, 6) is 1.28. The molecule has 1 aromatic rings. The molecular weight excluding hydrogens is 212 g/mol. The Morgan fingerprint density at radius 2 is 1.88 bits per heavy atom. The Bertz CT molecular complexity index is 378. The van der Waals surface area contributed by atoms with Crippen molar-refractivity contribution in [1.82, 2.24) is 0 Å². The van der Waals surface area contributed by atoms with Crippen LogP contribution in [0.5, 0.6) is 5.75 Å². The summed E-state index contributed by atoms with van der Waals surface area (Å²) in [6, 6.07) is 10.2. The third-order valence-corrected chi connectivity index (χ3v) is 2.95. The largest absolute Gasteiger partial charge is 0.497 e. The fourth-order valence-electron chi connectivity index (χ4n) is 1.64. The van der Waals surface area contributed by atoms with Gasteiger partial charge in [-0.3, -0.25) is 0 Å². The van der Waals surface area contributed by atoms with Crippen LogP contribution in [0.3, 0.4) is 0 Å². The molecule has 0 saturated carbocycles. The molecule has 1 aromatic carbocycles. The van der Waals surface area contributed by atoms with Gasteiger partial charge in [0.25, 0.3) is 0 Å². The van der Waals surface area contributed by atoms with E-state index in [4.69, 9.17) is 10.00 Å². The summed E-state index contributed by atoms with van der Waals surface area (Å²) < 4.78 is 5.12. The molecule has 0 amide bonds. The van der Waals surface area contributed by atoms with E-state index in [2.05, 4.69) is 24.8 Å². The number of nitrogens with zero attached hydrogens (tertiary/aromatic N) is 2. The van der Waals surface area contributed by atoms with Crippen LogP contribution in [-0.4, -0.2) is 20.7 Å². The maximum absolute atomic E-state index is 9.08. The minimum atomic E-state index is 0.0575. The highest BCUT2D eigenvalue weighted by Crippen LogP contribution is 2.20. The van der Waals surface area contributed by atoms with Crippen LogP contribution in [-0.2, 0) is 0 Å². The second-order valence-corrected chi connectivity index (χ2v) is 4.56. The summed E-state index contributed by atoms with van der Waals surface area (Å²) >= 11 is 0. The molecular formula is C14H20N2O. The lowest BCUT2D eigenvalue weighted by Gasteiger charge is -2.24. The van der Waals surface area contributed by atoms with E-state index >= 15 is 0 Å². The van der Waals surface area contributed by atoms with E-state index in [9.17, 15) is 0 Å². The van der Waals surface area contributed by atoms with Gasteiger partial charge >= 0.3 is 0 Å². The maximum atomic E-state index is 9.08. The predicted octanol–water partition coefficient (Wildman–Crippen LogP) is 2.93. The van der Waals surface area contributed by atoms with Crippen molar-refractivity contribution < 1.29 is 4.74 Å². The van der Waals surface area contributed by atoms with E-state index in [0.717, 1.165) is 18.0 Å². The molecule has 0 heterocycles. The zero-order valence-corrected chi connectivity index (χ0v) is 11.0. The lowest BCUT2D eigenvalue weighted by Crippen LogP contribution is -2.27. The number of rotatable bonds is 5. The summed E-state index contributed by atoms with van der Waals surface area (Å²) in [4.78, 5) is 2.10. The van der Waals surface area contributed by atoms with Crippen molar-refractivity contribution in [2.75, 3.05) is 25.6 Å². The van der Waals surface area contributed by atoms with Crippen molar-refractivity contribution in [3.05, 3.63) is 24.3 Å². The van der Waals surface area contributed by atoms with Gasteiger partial charge in [-0.25, -0.2) is 0 Å². The maximum Gasteiger partial charge on any atom is 0.119 e. The van der Waals surface area contributed by atoms with Crippen LogP contribution < -0.4 is 9.64 Å². The molecule has 0 aliphatic rings. The molecule has 17 heavy (non-hydrogen) atoms. The van der Waals surface area contributed by atoms with Gasteiger partial charge in [0.15, 0.2) is 0 Å². The normalized spacial score (nSPS) is 12.0. The molecule has 1 atom stereocenters. The van der Waals surface area contributed by atoms with Crippen molar-refractivity contribution in [3.63, 3.8) is 0 Å². The third kappa shape index (κ3) is 3.67. The average molecular weight is 232 g/mol. The van der Waals surface area contributed by atoms with Gasteiger partial charge in [0.1, 0.15) is 5.75 Å². The van der Waals surface area contributed by atoms with E-state index in [-0.39, 0.29) is 5.92 Å². The number of ether oxygens (including phenoxy) is 1. The Balaban J connectivity index is 2.69. The zero-order valence-electron chi connectivity index (χ0n) is 11.0. The first kappa shape index (κ1) is 13.4. The molecule has 0 aromatic heterocycles. The quantitative estimate of drug-likeness (QED) is 0.783. The summed E-state index contributed by atoms with van der Waals surface area (Å²) in [5.41, 5.74) is 1.10. The highest BCUT2D eigenvalue weighted by molar-refractivity contribution is 5.48. The average Bonchev–Trinajstić information content (AvgIpc) is 2.35. The van der Waals surface area contributed by atoms with Crippen molar-refractivity contribution in [1.29, 1.82) is 5.26 Å². The predicted molar refractivity (Wildman–Crippen MR) is 70.2 cm³/mol. The minimum absolute atomic E-state index is 0.0575. The molecule has 0 bridgehead atoms. The molecule has 3 nitrogen and oxygen atoms in total. The zero-order chi connectivity index (χ0) is 12.8. The van der Waals surface area contributed by atoms with Crippen LogP contribution in [0, 0.1) is 23.2 Å². The number of hydrogen-bond acceptors (Lipinski definition) is 3. The van der Waals surface area contributed by atoms with Crippen LogP contribution in [0.15, 0.2) is 24.3 Å². The van der Waals surface area contributed by atoms with Gasteiger partial charge in [0.2, 0.25) is 0 Å². The standard InChI is InChI=1S/C14H20N2O/c1-11(2)12(9-15)10-16(3)13-5-7-14(17-4)8-6-13/h5-8,11-12H,10H2,1-4H3. The van der Waals surface area contributed by atoms with Crippen LogP contribution in [0.25, 0.3) is 0 Å². The van der Waals surface area contributed by atoms with E-state index in [0.29, 0.717) is 5.92 Å². The lowest BCUT2D eigenvalue weighted by molar-refractivity contribution is 0.414. The first-order valence-corrected chi connectivity index (χ1v) is 5.83. The van der Waals surface area contributed by atoms with Gasteiger partial charge < -0.3 is 9.64 Å². The first-order chi connectivity index (χ1) is 8.08. The molecule has 1 unspecified atom stereocenters. The molecule has 3 heteroatoms. The highest BCUT2D eigenvalue weighted by atomic mass is 16.5. The smallest absolute Gasteiger partial charge is 0.119 e. The third-order valence-electron chi connectivity index (χ3n) is 2.95. The molecule has 0 radical (unpaired) electrons. The van der Waals surface area contributed by atoms with Gasteiger partial charge in [0, 0.05) is 19.3 Å². The minimum Gasteiger partial charge on any atom is -0.497 e. The van der Waals surface area contributed by atoms with Gasteiger partial charge in [-0.05, 0) is 30.2 Å². The Hall–Kier alpha value is -1.69. The number of anilines is 1. The molecule has 0 saturated heterocycles. The Morgan fingerprint density at radius 1 is 1.29 bits per heavy atom. The second kappa shape index (κ2) is 6.15. The molecule has 0 N–H and O–H groups in total. The van der Waals surface area contributed by atoms with Crippen molar-refractivity contribution in [2.45, 2.75) is 13.8 Å². The second-order valence-electron chi connectivity index (χ2n) is 4.56. The summed E-state index contributed by atoms with van der Waals surface area (Å²) in [6.07, 6.45) is 0. The van der Waals surface area contributed by atoms with Crippen LogP contribution in [0.4, 0.5) is 5.69 Å². The van der Waals surface area contributed by atoms with Crippen molar-refractivity contribution in [3.8, 4) is 11.8 Å². The first-order valence-electron chi connectivity index (χ1n) is 5.83. The molecule has 0 aliphatic carbocycles. The molecule has 0 spiro atoms. The Kier molecular flexibility index (Phi) is 4.84. The van der Waals surface area contributed by atoms with Gasteiger partial charge in [-0.2, -0.15) is 5.26 Å². The van der Waals surface area contributed by atoms with Crippen LogP contribution >= 0.6 is 0 Å². The number of methoxy groups -OCH3 is 1. The Labute approximate surface area is 104 Å². The molecule has 92 valence electrons. The summed E-state index contributed by atoms with van der Waals surface area (Å²) in [5, 5.41) is 9.08. The topological polar surface area (TPSA) is 36.3 Å². The highest BCUT2D eigenvalue weighted by Gasteiger charge is 2.15. The lowest BCUT2D eigenvalue weighted by atomic mass is 9.97. The van der Waals surface area contributed by atoms with Gasteiger partial charge in [0.05, 0.1) is 19.1 Å². The monoisotopic (exact) mass is 232 g/mol. The van der Waals surface area contributed by atoms with E-state index < -0.39 is 0 Å². The summed E-state index contributed by atoms with van der Waals surface area (Å²) in [7, 11) is 3.66. The van der Waals surface area contributed by atoms with Crippen molar-refractivity contribution >= 4 is 5.69 Å².